The van der Waals surface area contributed by atoms with Gasteiger partial charge in [0.25, 0.3) is 0 Å². The average Bonchev–Trinajstić information content (AvgIpc) is 2.39. The number of hydrogen-bond donors (Lipinski definition) is 2. The summed E-state index contributed by atoms with van der Waals surface area (Å²) < 4.78 is 0. The number of rotatable bonds is 4. The minimum absolute atomic E-state index is 0.639. The fraction of sp³-hybridized carbons (Fsp3) is 0.250. The first-order valence-electron chi connectivity index (χ1n) is 3.44. The zero-order chi connectivity index (χ0) is 8.10. The van der Waals surface area contributed by atoms with Gasteiger partial charge in [-0.2, -0.15) is 0 Å². The lowest BCUT2D eigenvalue weighted by molar-refractivity contribution is 0.756. The van der Waals surface area contributed by atoms with Gasteiger partial charge < -0.3 is 10.3 Å². The monoisotopic (exact) mass is 170 g/mol. The van der Waals surface area contributed by atoms with Crippen LogP contribution in [-0.2, 0) is 6.54 Å². The molecule has 0 fully saturated rings. The average molecular weight is 171 g/mol. The zero-order valence-electron chi connectivity index (χ0n) is 6.23. The van der Waals surface area contributed by atoms with Crippen LogP contribution in [0.3, 0.4) is 0 Å². The number of aromatic nitrogens is 1. The largest absolute Gasteiger partial charge is 0.367 e. The Morgan fingerprint density at radius 2 is 2.55 bits per heavy atom. The second kappa shape index (κ2) is 4.21. The van der Waals surface area contributed by atoms with E-state index in [4.69, 9.17) is 11.6 Å². The summed E-state index contributed by atoms with van der Waals surface area (Å²) in [6, 6.07) is 2.02. The summed E-state index contributed by atoms with van der Waals surface area (Å²) in [5.41, 5.74) is 1.22. The van der Waals surface area contributed by atoms with Crippen LogP contribution in [0.4, 0.5) is 0 Å². The molecular formula is C8H11ClN2. The van der Waals surface area contributed by atoms with Crippen molar-refractivity contribution in [2.24, 2.45) is 0 Å². The van der Waals surface area contributed by atoms with E-state index in [2.05, 4.69) is 16.9 Å². The quantitative estimate of drug-likeness (QED) is 0.710. The van der Waals surface area contributed by atoms with Crippen LogP contribution in [0, 0.1) is 0 Å². The summed E-state index contributed by atoms with van der Waals surface area (Å²) in [6.45, 7) is 5.06. The third kappa shape index (κ3) is 3.25. The molecule has 1 aromatic rings. The molecule has 0 aliphatic carbocycles. The molecule has 0 aliphatic heterocycles. The van der Waals surface area contributed by atoms with E-state index in [0.717, 1.165) is 6.54 Å². The highest BCUT2D eigenvalue weighted by atomic mass is 35.5. The van der Waals surface area contributed by atoms with Crippen LogP contribution in [0.2, 0.25) is 0 Å². The van der Waals surface area contributed by atoms with Gasteiger partial charge in [0.1, 0.15) is 0 Å². The molecule has 2 N–H and O–H groups in total. The molecule has 0 radical (unpaired) electrons. The Kier molecular flexibility index (Phi) is 3.20. The van der Waals surface area contributed by atoms with Gasteiger partial charge in [-0.05, 0) is 11.6 Å². The molecule has 0 spiro atoms. The number of nitrogens with one attached hydrogen (secondary N) is 2. The van der Waals surface area contributed by atoms with Gasteiger partial charge in [0.2, 0.25) is 0 Å². The van der Waals surface area contributed by atoms with Crippen LogP contribution >= 0.6 is 11.6 Å². The van der Waals surface area contributed by atoms with E-state index in [0.29, 0.717) is 11.6 Å². The summed E-state index contributed by atoms with van der Waals surface area (Å²) in [6.07, 6.45) is 3.84. The molecule has 0 bridgehead atoms. The molecule has 1 heterocycles. The van der Waals surface area contributed by atoms with Crippen molar-refractivity contribution in [3.63, 3.8) is 0 Å². The number of H-pyrrole nitrogens is 1. The van der Waals surface area contributed by atoms with Crippen molar-refractivity contribution < 1.29 is 0 Å². The van der Waals surface area contributed by atoms with E-state index in [1.54, 1.807) is 0 Å². The first-order valence-corrected chi connectivity index (χ1v) is 3.82. The first kappa shape index (κ1) is 8.37. The maximum atomic E-state index is 5.55. The Hall–Kier alpha value is -0.730. The predicted octanol–water partition coefficient (Wildman–Crippen LogP) is 1.86. The molecule has 0 aromatic carbocycles. The van der Waals surface area contributed by atoms with Crippen LogP contribution in [0.5, 0.6) is 0 Å². The van der Waals surface area contributed by atoms with Crippen molar-refractivity contribution in [2.75, 3.05) is 6.54 Å². The van der Waals surface area contributed by atoms with Gasteiger partial charge in [0.05, 0.1) is 0 Å². The Bertz CT molecular complexity index is 216. The van der Waals surface area contributed by atoms with Crippen molar-refractivity contribution in [3.05, 3.63) is 35.6 Å². The lowest BCUT2D eigenvalue weighted by Gasteiger charge is -1.99. The minimum Gasteiger partial charge on any atom is -0.367 e. The van der Waals surface area contributed by atoms with Crippen molar-refractivity contribution in [2.45, 2.75) is 6.54 Å². The lowest BCUT2D eigenvalue weighted by Crippen LogP contribution is -2.13. The van der Waals surface area contributed by atoms with Gasteiger partial charge in [-0.3, -0.25) is 0 Å². The normalized spacial score (nSPS) is 9.91. The van der Waals surface area contributed by atoms with E-state index >= 15 is 0 Å². The summed E-state index contributed by atoms with van der Waals surface area (Å²) in [7, 11) is 0. The summed E-state index contributed by atoms with van der Waals surface area (Å²) in [5, 5.41) is 3.78. The first-order chi connectivity index (χ1) is 5.29. The van der Waals surface area contributed by atoms with Gasteiger partial charge in [-0.25, -0.2) is 0 Å². The molecule has 2 nitrogen and oxygen atoms in total. The van der Waals surface area contributed by atoms with Gasteiger partial charge in [-0.1, -0.05) is 18.2 Å². The van der Waals surface area contributed by atoms with Crippen LogP contribution in [0.1, 0.15) is 5.56 Å². The Morgan fingerprint density at radius 1 is 1.73 bits per heavy atom. The fourth-order valence-corrected chi connectivity index (χ4v) is 0.905. The molecule has 1 rings (SSSR count). The second-order valence-electron chi connectivity index (χ2n) is 2.34. The van der Waals surface area contributed by atoms with Crippen molar-refractivity contribution in [1.82, 2.24) is 10.3 Å². The topological polar surface area (TPSA) is 27.8 Å². The minimum atomic E-state index is 0.639. The van der Waals surface area contributed by atoms with Gasteiger partial charge in [0.15, 0.2) is 0 Å². The highest BCUT2D eigenvalue weighted by molar-refractivity contribution is 6.29. The molecule has 11 heavy (non-hydrogen) atoms. The van der Waals surface area contributed by atoms with Gasteiger partial charge >= 0.3 is 0 Å². The number of hydrogen-bond acceptors (Lipinski definition) is 1. The molecular weight excluding hydrogens is 160 g/mol. The fourth-order valence-electron chi connectivity index (χ4n) is 0.811. The standard InChI is InChI=1S/C8H11ClN2/c1-7(9)4-11-6-8-2-3-10-5-8/h2-3,5,10-11H,1,4,6H2. The van der Waals surface area contributed by atoms with Crippen molar-refractivity contribution in [3.8, 4) is 0 Å². The van der Waals surface area contributed by atoms with Crippen LogP contribution in [-0.4, -0.2) is 11.5 Å². The summed E-state index contributed by atoms with van der Waals surface area (Å²) in [5.74, 6) is 0. The third-order valence-corrected chi connectivity index (χ3v) is 1.44. The van der Waals surface area contributed by atoms with E-state index < -0.39 is 0 Å². The zero-order valence-corrected chi connectivity index (χ0v) is 6.99. The van der Waals surface area contributed by atoms with E-state index in [1.807, 2.05) is 18.5 Å². The van der Waals surface area contributed by atoms with Crippen LogP contribution < -0.4 is 5.32 Å². The van der Waals surface area contributed by atoms with Gasteiger partial charge in [0, 0.05) is 30.5 Å². The van der Waals surface area contributed by atoms with Crippen LogP contribution in [0.25, 0.3) is 0 Å². The Labute approximate surface area is 71.3 Å². The molecule has 0 unspecified atom stereocenters. The Morgan fingerprint density at radius 3 is 3.09 bits per heavy atom. The SMILES string of the molecule is C=C(Cl)CNCc1cc[nH]c1. The Balaban J connectivity index is 2.19. The molecule has 0 aliphatic rings. The van der Waals surface area contributed by atoms with E-state index in [9.17, 15) is 0 Å². The third-order valence-electron chi connectivity index (χ3n) is 1.31. The molecule has 0 saturated heterocycles. The van der Waals surface area contributed by atoms with Gasteiger partial charge in [-0.15, -0.1) is 0 Å². The summed E-state index contributed by atoms with van der Waals surface area (Å²) in [4.78, 5) is 2.97. The lowest BCUT2D eigenvalue weighted by atomic mass is 10.3. The maximum Gasteiger partial charge on any atom is 0.0310 e. The molecule has 60 valence electrons. The number of halogens is 1. The van der Waals surface area contributed by atoms with E-state index in [-0.39, 0.29) is 0 Å². The predicted molar refractivity (Wildman–Crippen MR) is 47.5 cm³/mol. The highest BCUT2D eigenvalue weighted by Crippen LogP contribution is 1.97. The summed E-state index contributed by atoms with van der Waals surface area (Å²) >= 11 is 5.55. The second-order valence-corrected chi connectivity index (χ2v) is 2.87. The van der Waals surface area contributed by atoms with Crippen molar-refractivity contribution in [1.29, 1.82) is 0 Å². The maximum absolute atomic E-state index is 5.55. The molecule has 1 aromatic heterocycles. The number of aromatic amines is 1. The molecule has 3 heteroatoms. The van der Waals surface area contributed by atoms with E-state index in [1.165, 1.54) is 5.56 Å². The molecule has 0 atom stereocenters. The molecule has 0 amide bonds. The van der Waals surface area contributed by atoms with Crippen molar-refractivity contribution >= 4 is 11.6 Å². The van der Waals surface area contributed by atoms with Crippen LogP contribution in [0.15, 0.2) is 30.1 Å². The smallest absolute Gasteiger partial charge is 0.0310 e. The molecule has 0 saturated carbocycles. The highest BCUT2D eigenvalue weighted by Gasteiger charge is 1.91.